The third-order valence-corrected chi connectivity index (χ3v) is 4.65. The Bertz CT molecular complexity index is 882. The van der Waals surface area contributed by atoms with Crippen LogP contribution >= 0.6 is 11.6 Å². The SMILES string of the molecule is CCc1ccc(NC(=O)c2ccc(Cl)cc2OC)cc1S(N)(=O)=O. The lowest BCUT2D eigenvalue weighted by Gasteiger charge is -2.12. The molecule has 3 N–H and O–H groups in total. The zero-order valence-electron chi connectivity index (χ0n) is 13.2. The van der Waals surface area contributed by atoms with Crippen molar-refractivity contribution in [2.75, 3.05) is 12.4 Å². The molecular weight excluding hydrogens is 352 g/mol. The Labute approximate surface area is 145 Å². The van der Waals surface area contributed by atoms with Crippen LogP contribution in [0.2, 0.25) is 5.02 Å². The lowest BCUT2D eigenvalue weighted by molar-refractivity contribution is 0.102. The van der Waals surface area contributed by atoms with E-state index in [1.807, 2.05) is 6.92 Å². The maximum Gasteiger partial charge on any atom is 0.259 e. The largest absolute Gasteiger partial charge is 0.496 e. The summed E-state index contributed by atoms with van der Waals surface area (Å²) in [5, 5.41) is 8.30. The van der Waals surface area contributed by atoms with Gasteiger partial charge in [0.15, 0.2) is 0 Å². The quantitative estimate of drug-likeness (QED) is 0.847. The average molecular weight is 369 g/mol. The number of carbonyl (C=O) groups is 1. The molecule has 0 aliphatic rings. The van der Waals surface area contributed by atoms with Crippen LogP contribution in [-0.2, 0) is 16.4 Å². The van der Waals surface area contributed by atoms with Gasteiger partial charge in [0, 0.05) is 10.7 Å². The molecule has 0 bridgehead atoms. The highest BCUT2D eigenvalue weighted by Gasteiger charge is 2.17. The third-order valence-electron chi connectivity index (χ3n) is 3.42. The summed E-state index contributed by atoms with van der Waals surface area (Å²) in [7, 11) is -2.45. The molecule has 0 heterocycles. The Kier molecular flexibility index (Phi) is 5.48. The molecule has 0 radical (unpaired) electrons. The highest BCUT2D eigenvalue weighted by molar-refractivity contribution is 7.89. The second kappa shape index (κ2) is 7.21. The minimum absolute atomic E-state index is 0.00845. The number of carbonyl (C=O) groups excluding carboxylic acids is 1. The molecule has 2 rings (SSSR count). The normalized spacial score (nSPS) is 11.2. The van der Waals surface area contributed by atoms with Gasteiger partial charge >= 0.3 is 0 Å². The zero-order chi connectivity index (χ0) is 17.9. The molecule has 0 saturated carbocycles. The van der Waals surface area contributed by atoms with E-state index in [9.17, 15) is 13.2 Å². The fourth-order valence-electron chi connectivity index (χ4n) is 2.24. The number of hydrogen-bond acceptors (Lipinski definition) is 4. The second-order valence-corrected chi connectivity index (χ2v) is 6.99. The standard InChI is InChI=1S/C16H17ClN2O4S/c1-3-10-4-6-12(9-15(10)24(18,21)22)19-16(20)13-7-5-11(17)8-14(13)23-2/h4-9H,3H2,1-2H3,(H,19,20)(H2,18,21,22). The van der Waals surface area contributed by atoms with Crippen molar-refractivity contribution in [2.45, 2.75) is 18.2 Å². The van der Waals surface area contributed by atoms with Gasteiger partial charge in [0.1, 0.15) is 5.75 Å². The molecule has 24 heavy (non-hydrogen) atoms. The van der Waals surface area contributed by atoms with Crippen LogP contribution in [0, 0.1) is 0 Å². The smallest absolute Gasteiger partial charge is 0.259 e. The van der Waals surface area contributed by atoms with Crippen LogP contribution in [0.15, 0.2) is 41.3 Å². The number of rotatable bonds is 5. The summed E-state index contributed by atoms with van der Waals surface area (Å²) in [5.41, 5.74) is 1.18. The van der Waals surface area contributed by atoms with Gasteiger partial charge in [-0.05, 0) is 42.3 Å². The predicted molar refractivity (Wildman–Crippen MR) is 93.2 cm³/mol. The summed E-state index contributed by atoms with van der Waals surface area (Å²) >= 11 is 5.87. The first kappa shape index (κ1) is 18.3. The van der Waals surface area contributed by atoms with E-state index in [2.05, 4.69) is 5.32 Å². The maximum atomic E-state index is 12.4. The molecule has 128 valence electrons. The van der Waals surface area contributed by atoms with Crippen molar-refractivity contribution in [2.24, 2.45) is 5.14 Å². The van der Waals surface area contributed by atoms with E-state index in [4.69, 9.17) is 21.5 Å². The van der Waals surface area contributed by atoms with E-state index in [0.717, 1.165) is 0 Å². The van der Waals surface area contributed by atoms with Crippen LogP contribution in [0.4, 0.5) is 5.69 Å². The van der Waals surface area contributed by atoms with Crippen molar-refractivity contribution < 1.29 is 17.9 Å². The van der Waals surface area contributed by atoms with Crippen molar-refractivity contribution in [1.29, 1.82) is 0 Å². The van der Waals surface area contributed by atoms with E-state index in [0.29, 0.717) is 28.4 Å². The molecule has 8 heteroatoms. The number of sulfonamides is 1. The van der Waals surface area contributed by atoms with Gasteiger partial charge in [-0.2, -0.15) is 0 Å². The molecule has 0 saturated heterocycles. The Morgan fingerprint density at radius 1 is 1.25 bits per heavy atom. The molecule has 0 aromatic heterocycles. The molecule has 0 fully saturated rings. The molecule has 0 spiro atoms. The summed E-state index contributed by atoms with van der Waals surface area (Å²) in [6.45, 7) is 1.82. The number of aryl methyl sites for hydroxylation is 1. The number of benzene rings is 2. The van der Waals surface area contributed by atoms with Gasteiger partial charge in [0.25, 0.3) is 5.91 Å². The summed E-state index contributed by atoms with van der Waals surface area (Å²) < 4.78 is 28.5. The first-order chi connectivity index (χ1) is 11.3. The molecule has 1 amide bonds. The summed E-state index contributed by atoms with van der Waals surface area (Å²) in [6, 6.07) is 9.19. The van der Waals surface area contributed by atoms with Gasteiger partial charge in [0.05, 0.1) is 17.6 Å². The topological polar surface area (TPSA) is 98.5 Å². The number of anilines is 1. The van der Waals surface area contributed by atoms with Crippen molar-refractivity contribution in [3.8, 4) is 5.75 Å². The van der Waals surface area contributed by atoms with Gasteiger partial charge in [-0.15, -0.1) is 0 Å². The van der Waals surface area contributed by atoms with Crippen molar-refractivity contribution in [1.82, 2.24) is 0 Å². The average Bonchev–Trinajstić information content (AvgIpc) is 2.53. The number of nitrogens with one attached hydrogen (secondary N) is 1. The molecule has 0 aliphatic carbocycles. The second-order valence-electron chi connectivity index (χ2n) is 5.02. The number of methoxy groups -OCH3 is 1. The van der Waals surface area contributed by atoms with Crippen LogP contribution < -0.4 is 15.2 Å². The molecule has 2 aromatic carbocycles. The lowest BCUT2D eigenvalue weighted by atomic mass is 10.1. The Hall–Kier alpha value is -2.09. The number of amides is 1. The highest BCUT2D eigenvalue weighted by atomic mass is 35.5. The van der Waals surface area contributed by atoms with E-state index < -0.39 is 15.9 Å². The van der Waals surface area contributed by atoms with Crippen molar-refractivity contribution in [3.05, 3.63) is 52.5 Å². The van der Waals surface area contributed by atoms with Crippen LogP contribution in [0.5, 0.6) is 5.75 Å². The minimum Gasteiger partial charge on any atom is -0.496 e. The Morgan fingerprint density at radius 2 is 1.96 bits per heavy atom. The number of ether oxygens (including phenoxy) is 1. The highest BCUT2D eigenvalue weighted by Crippen LogP contribution is 2.25. The third kappa shape index (κ3) is 4.05. The minimum atomic E-state index is -3.88. The van der Waals surface area contributed by atoms with Crippen LogP contribution in [0.25, 0.3) is 0 Å². The van der Waals surface area contributed by atoms with Crippen LogP contribution in [-0.4, -0.2) is 21.4 Å². The maximum absolute atomic E-state index is 12.4. The van der Waals surface area contributed by atoms with Crippen molar-refractivity contribution >= 4 is 33.2 Å². The van der Waals surface area contributed by atoms with Gasteiger partial charge in [-0.3, -0.25) is 4.79 Å². The molecule has 0 unspecified atom stereocenters. The first-order valence-corrected chi connectivity index (χ1v) is 8.99. The molecule has 2 aromatic rings. The predicted octanol–water partition coefficient (Wildman–Crippen LogP) is 2.81. The number of nitrogens with two attached hydrogens (primary N) is 1. The molecule has 0 atom stereocenters. The molecular formula is C16H17ClN2O4S. The van der Waals surface area contributed by atoms with Crippen molar-refractivity contribution in [3.63, 3.8) is 0 Å². The number of hydrogen-bond donors (Lipinski definition) is 2. The van der Waals surface area contributed by atoms with E-state index in [-0.39, 0.29) is 10.5 Å². The van der Waals surface area contributed by atoms with Gasteiger partial charge in [-0.1, -0.05) is 24.6 Å². The summed E-state index contributed by atoms with van der Waals surface area (Å²) in [5.74, 6) is -0.134. The summed E-state index contributed by atoms with van der Waals surface area (Å²) in [6.07, 6.45) is 0.505. The van der Waals surface area contributed by atoms with Gasteiger partial charge in [0.2, 0.25) is 10.0 Å². The Morgan fingerprint density at radius 3 is 2.54 bits per heavy atom. The Balaban J connectivity index is 2.37. The number of halogens is 1. The fourth-order valence-corrected chi connectivity index (χ4v) is 3.27. The van der Waals surface area contributed by atoms with Gasteiger partial charge < -0.3 is 10.1 Å². The van der Waals surface area contributed by atoms with E-state index >= 15 is 0 Å². The monoisotopic (exact) mass is 368 g/mol. The number of primary sulfonamides is 1. The lowest BCUT2D eigenvalue weighted by Crippen LogP contribution is -2.17. The van der Waals surface area contributed by atoms with Crippen LogP contribution in [0.3, 0.4) is 0 Å². The molecule has 0 aliphatic heterocycles. The van der Waals surface area contributed by atoms with Gasteiger partial charge in [-0.25, -0.2) is 13.6 Å². The van der Waals surface area contributed by atoms with E-state index in [1.165, 1.54) is 25.3 Å². The first-order valence-electron chi connectivity index (χ1n) is 7.07. The zero-order valence-corrected chi connectivity index (χ0v) is 14.7. The fraction of sp³-hybridized carbons (Fsp3) is 0.188. The van der Waals surface area contributed by atoms with Crippen LogP contribution in [0.1, 0.15) is 22.8 Å². The molecule has 6 nitrogen and oxygen atoms in total. The van der Waals surface area contributed by atoms with E-state index in [1.54, 1.807) is 18.2 Å². The summed E-state index contributed by atoms with van der Waals surface area (Å²) in [4.78, 5) is 12.4.